The van der Waals surface area contributed by atoms with E-state index < -0.39 is 9.84 Å². The molecule has 0 radical (unpaired) electrons. The summed E-state index contributed by atoms with van der Waals surface area (Å²) in [6, 6.07) is 8.13. The van der Waals surface area contributed by atoms with Crippen LogP contribution in [0.25, 0.3) is 28.1 Å². The number of aryl methyl sites for hydroxylation is 2. The first-order valence-corrected chi connectivity index (χ1v) is 15.1. The number of nitrogens with zero attached hydrogens (tertiary/aromatic N) is 8. The van der Waals surface area contributed by atoms with Crippen LogP contribution in [0.1, 0.15) is 25.0 Å². The Morgan fingerprint density at radius 3 is 2.61 bits per heavy atom. The second kappa shape index (κ2) is 9.90. The van der Waals surface area contributed by atoms with E-state index in [9.17, 15) is 8.42 Å². The second-order valence-electron chi connectivity index (χ2n) is 10.2. The summed E-state index contributed by atoms with van der Waals surface area (Å²) in [5, 5.41) is 0. The van der Waals surface area contributed by atoms with Crippen LogP contribution in [0.15, 0.2) is 24.3 Å². The molecular weight excluding hydrogens is 504 g/mol. The molecule has 1 atom stereocenters. The van der Waals surface area contributed by atoms with Crippen LogP contribution in [-0.2, 0) is 34.5 Å². The van der Waals surface area contributed by atoms with E-state index in [0.29, 0.717) is 32.0 Å². The second-order valence-corrected chi connectivity index (χ2v) is 12.4. The number of likely N-dealkylation sites (N-methyl/N-ethyl adjacent to an activating group) is 1. The maximum Gasteiger partial charge on any atom is 0.239 e. The molecule has 202 valence electrons. The first kappa shape index (κ1) is 25.2. The van der Waals surface area contributed by atoms with E-state index in [0.717, 1.165) is 65.7 Å². The largest absolute Gasteiger partial charge is 0.378 e. The number of hydrogen-bond donors (Lipinski definition) is 0. The summed E-state index contributed by atoms with van der Waals surface area (Å²) in [7, 11) is 1.08. The highest BCUT2D eigenvalue weighted by Gasteiger charge is 2.31. The van der Waals surface area contributed by atoms with Crippen molar-refractivity contribution in [2.45, 2.75) is 32.2 Å². The molecule has 38 heavy (non-hydrogen) atoms. The molecule has 11 nitrogen and oxygen atoms in total. The van der Waals surface area contributed by atoms with Crippen molar-refractivity contribution < 1.29 is 13.2 Å². The van der Waals surface area contributed by atoms with Gasteiger partial charge in [-0.05, 0) is 25.6 Å². The molecule has 2 fully saturated rings. The van der Waals surface area contributed by atoms with E-state index in [4.69, 9.17) is 24.7 Å². The van der Waals surface area contributed by atoms with E-state index in [1.165, 1.54) is 0 Å². The van der Waals surface area contributed by atoms with Gasteiger partial charge in [0.2, 0.25) is 5.95 Å². The Hall–Kier alpha value is -3.09. The molecule has 0 saturated carbocycles. The van der Waals surface area contributed by atoms with Crippen LogP contribution in [-0.4, -0.2) is 99.8 Å². The van der Waals surface area contributed by atoms with Crippen LogP contribution < -0.4 is 4.90 Å². The molecule has 5 heterocycles. The third-order valence-corrected chi connectivity index (χ3v) is 9.51. The standard InChI is InChI=1S/C26H34N8O3S/c1-4-21-27-19-7-5-6-8-20(19)34(21)26-29-24-23(25(30-26)33-12-14-37-15-13-33)28-22(32(24)3)9-11-31(2)18-10-16-38(35,36)17-18/h5-8,18H,4,9-17H2,1-3H3/t18-/m1/s1. The van der Waals surface area contributed by atoms with Crippen molar-refractivity contribution in [2.24, 2.45) is 7.05 Å². The van der Waals surface area contributed by atoms with Gasteiger partial charge < -0.3 is 19.1 Å². The SMILES string of the molecule is CCc1nc2ccccc2n1-c1nc(N2CCOCC2)c2nc(CCN(C)[C@@H]3CCS(=O)(=O)C3)n(C)c2n1. The van der Waals surface area contributed by atoms with Crippen molar-refractivity contribution in [1.29, 1.82) is 0 Å². The van der Waals surface area contributed by atoms with Gasteiger partial charge in [0.25, 0.3) is 0 Å². The molecule has 0 spiro atoms. The van der Waals surface area contributed by atoms with Crippen LogP contribution in [0.2, 0.25) is 0 Å². The van der Waals surface area contributed by atoms with Gasteiger partial charge in [-0.25, -0.2) is 18.4 Å². The molecule has 2 aliphatic rings. The fourth-order valence-electron chi connectivity index (χ4n) is 5.52. The minimum absolute atomic E-state index is 0.0620. The number of fused-ring (bicyclic) bond motifs is 2. The third-order valence-electron chi connectivity index (χ3n) is 7.76. The molecule has 4 aromatic rings. The number of anilines is 1. The monoisotopic (exact) mass is 538 g/mol. The molecule has 0 amide bonds. The predicted octanol–water partition coefficient (Wildman–Crippen LogP) is 1.76. The minimum atomic E-state index is -2.92. The molecule has 6 rings (SSSR count). The van der Waals surface area contributed by atoms with Gasteiger partial charge in [0.15, 0.2) is 26.8 Å². The van der Waals surface area contributed by atoms with Crippen molar-refractivity contribution in [1.82, 2.24) is 34.0 Å². The maximum atomic E-state index is 12.0. The van der Waals surface area contributed by atoms with E-state index >= 15 is 0 Å². The molecule has 0 N–H and O–H groups in total. The van der Waals surface area contributed by atoms with E-state index in [-0.39, 0.29) is 17.5 Å². The average molecular weight is 539 g/mol. The van der Waals surface area contributed by atoms with E-state index in [1.807, 2.05) is 32.3 Å². The van der Waals surface area contributed by atoms with Crippen LogP contribution >= 0.6 is 0 Å². The summed E-state index contributed by atoms with van der Waals surface area (Å²) in [5.74, 6) is 3.73. The number of morpholine rings is 1. The van der Waals surface area contributed by atoms with Gasteiger partial charge in [0, 0.05) is 45.6 Å². The molecule has 2 saturated heterocycles. The van der Waals surface area contributed by atoms with Crippen LogP contribution in [0, 0.1) is 0 Å². The number of benzene rings is 1. The number of sulfone groups is 1. The average Bonchev–Trinajstić information content (AvgIpc) is 3.59. The summed E-state index contributed by atoms with van der Waals surface area (Å²) < 4.78 is 33.6. The fraction of sp³-hybridized carbons (Fsp3) is 0.538. The van der Waals surface area contributed by atoms with Gasteiger partial charge >= 0.3 is 0 Å². The maximum absolute atomic E-state index is 12.0. The van der Waals surface area contributed by atoms with Gasteiger partial charge in [-0.15, -0.1) is 0 Å². The van der Waals surface area contributed by atoms with Crippen molar-refractivity contribution in [3.8, 4) is 5.95 Å². The summed E-state index contributed by atoms with van der Waals surface area (Å²) in [5.41, 5.74) is 3.45. The Bertz CT molecular complexity index is 1590. The van der Waals surface area contributed by atoms with Crippen molar-refractivity contribution in [3.05, 3.63) is 35.9 Å². The fourth-order valence-corrected chi connectivity index (χ4v) is 7.32. The Kier molecular flexibility index (Phi) is 6.57. The smallest absolute Gasteiger partial charge is 0.239 e. The van der Waals surface area contributed by atoms with Crippen molar-refractivity contribution in [2.75, 3.05) is 56.3 Å². The van der Waals surface area contributed by atoms with Crippen LogP contribution in [0.4, 0.5) is 5.82 Å². The van der Waals surface area contributed by atoms with Gasteiger partial charge in [-0.2, -0.15) is 9.97 Å². The van der Waals surface area contributed by atoms with Crippen LogP contribution in [0.3, 0.4) is 0 Å². The molecule has 12 heteroatoms. The lowest BCUT2D eigenvalue weighted by molar-refractivity contribution is 0.122. The molecule has 2 aliphatic heterocycles. The Labute approximate surface area is 222 Å². The van der Waals surface area contributed by atoms with Gasteiger partial charge in [0.05, 0.1) is 35.8 Å². The number of ether oxygens (including phenoxy) is 1. The van der Waals surface area contributed by atoms with Gasteiger partial charge in [0.1, 0.15) is 11.6 Å². The Morgan fingerprint density at radius 2 is 1.87 bits per heavy atom. The number of aromatic nitrogens is 6. The summed E-state index contributed by atoms with van der Waals surface area (Å²) in [6.07, 6.45) is 2.13. The lowest BCUT2D eigenvalue weighted by Gasteiger charge is -2.28. The zero-order valence-electron chi connectivity index (χ0n) is 22.2. The van der Waals surface area contributed by atoms with Gasteiger partial charge in [-0.1, -0.05) is 19.1 Å². The first-order chi connectivity index (χ1) is 18.3. The lowest BCUT2D eigenvalue weighted by atomic mass is 10.2. The molecule has 1 aromatic carbocycles. The Balaban J connectivity index is 1.41. The summed E-state index contributed by atoms with van der Waals surface area (Å²) >= 11 is 0. The number of para-hydroxylation sites is 2. The van der Waals surface area contributed by atoms with Crippen molar-refractivity contribution >= 4 is 37.9 Å². The predicted molar refractivity (Wildman–Crippen MR) is 147 cm³/mol. The van der Waals surface area contributed by atoms with E-state index in [1.54, 1.807) is 0 Å². The molecule has 0 aliphatic carbocycles. The summed E-state index contributed by atoms with van der Waals surface area (Å²) in [4.78, 5) is 24.4. The zero-order chi connectivity index (χ0) is 26.4. The lowest BCUT2D eigenvalue weighted by Crippen LogP contribution is -2.37. The van der Waals surface area contributed by atoms with Gasteiger partial charge in [-0.3, -0.25) is 4.57 Å². The summed E-state index contributed by atoms with van der Waals surface area (Å²) in [6.45, 7) is 5.57. The van der Waals surface area contributed by atoms with E-state index in [2.05, 4.69) is 31.9 Å². The van der Waals surface area contributed by atoms with Crippen LogP contribution in [0.5, 0.6) is 0 Å². The Morgan fingerprint density at radius 1 is 1.08 bits per heavy atom. The highest BCUT2D eigenvalue weighted by molar-refractivity contribution is 7.91. The zero-order valence-corrected chi connectivity index (χ0v) is 23.0. The third kappa shape index (κ3) is 4.54. The number of imidazole rings is 2. The number of hydrogen-bond acceptors (Lipinski definition) is 9. The molecule has 3 aromatic heterocycles. The minimum Gasteiger partial charge on any atom is -0.378 e. The molecule has 0 bridgehead atoms. The first-order valence-electron chi connectivity index (χ1n) is 13.3. The molecule has 0 unspecified atom stereocenters. The van der Waals surface area contributed by atoms with Crippen molar-refractivity contribution in [3.63, 3.8) is 0 Å². The highest BCUT2D eigenvalue weighted by atomic mass is 32.2. The quantitative estimate of drug-likeness (QED) is 0.347. The normalized spacial score (nSPS) is 19.8. The highest BCUT2D eigenvalue weighted by Crippen LogP contribution is 2.28. The number of rotatable bonds is 7. The molecular formula is C26H34N8O3S. The topological polar surface area (TPSA) is 111 Å².